The average Bonchev–Trinajstić information content (AvgIpc) is 3.21. The van der Waals surface area contributed by atoms with Crippen molar-refractivity contribution < 1.29 is 58.2 Å². The standard InChI is InChI=1S/C42H58N8O12S/c1-24(2)18-29(38(58)47-28(37(43)57)16-17-63-5)46-34(52)23-44-41(61)33(20-27-14-10-7-11-15-27)50(4)42(62)32(19-26-12-8-6-9-13-26)49-40(60)31(22-36(55)56)48-39(59)30(21-35(53)54)45-25(3)51/h6-15,24,28-33H,16-23H2,1-5H3,(H2,43,57)(H,44,61)(H,45,51)(H,46,52)(H,47,58)(H,48,59)(H,49,60)(H,53,54)(H,55,56)/t28-,29-,30+,31-,32-,33-/m0/s1. The lowest BCUT2D eigenvalue weighted by Gasteiger charge is -2.32. The Balaban J connectivity index is 2.42. The number of nitrogens with zero attached hydrogens (tertiary/aromatic N) is 1. The molecule has 6 atom stereocenters. The summed E-state index contributed by atoms with van der Waals surface area (Å²) in [7, 11) is 1.30. The molecule has 0 fully saturated rings. The van der Waals surface area contributed by atoms with Crippen LogP contribution in [0.3, 0.4) is 0 Å². The van der Waals surface area contributed by atoms with Crippen LogP contribution in [0.4, 0.5) is 0 Å². The molecule has 2 aromatic carbocycles. The van der Waals surface area contributed by atoms with Crippen molar-refractivity contribution in [2.24, 2.45) is 11.7 Å². The van der Waals surface area contributed by atoms with Crippen molar-refractivity contribution in [2.75, 3.05) is 25.6 Å². The highest BCUT2D eigenvalue weighted by Crippen LogP contribution is 2.14. The SMILES string of the molecule is CSCC[C@H](NC(=O)[C@H](CC(C)C)NC(=O)CNC(=O)[C@H](Cc1ccccc1)N(C)C(=O)[C@H](Cc1ccccc1)NC(=O)[C@H](CC(=O)O)NC(=O)[C@@H](CC(=O)O)NC(C)=O)C(N)=O. The van der Waals surface area contributed by atoms with Crippen LogP contribution in [0.5, 0.6) is 0 Å². The summed E-state index contributed by atoms with van der Waals surface area (Å²) < 4.78 is 0. The molecule has 10 N–H and O–H groups in total. The van der Waals surface area contributed by atoms with Gasteiger partial charge in [-0.05, 0) is 41.9 Å². The lowest BCUT2D eigenvalue weighted by molar-refractivity contribution is -0.144. The first-order chi connectivity index (χ1) is 29.7. The van der Waals surface area contributed by atoms with E-state index < -0.39 is 115 Å². The van der Waals surface area contributed by atoms with Crippen LogP contribution in [0, 0.1) is 5.92 Å². The van der Waals surface area contributed by atoms with Crippen LogP contribution in [-0.2, 0) is 60.8 Å². The highest BCUT2D eigenvalue weighted by molar-refractivity contribution is 7.98. The fraction of sp³-hybridized carbons (Fsp3) is 0.476. The fourth-order valence-corrected chi connectivity index (χ4v) is 6.75. The molecule has 0 aliphatic carbocycles. The number of thioether (sulfide) groups is 1. The molecule has 63 heavy (non-hydrogen) atoms. The van der Waals surface area contributed by atoms with Crippen LogP contribution in [-0.4, -0.2) is 136 Å². The monoisotopic (exact) mass is 898 g/mol. The van der Waals surface area contributed by atoms with Gasteiger partial charge in [0.25, 0.3) is 0 Å². The molecule has 344 valence electrons. The van der Waals surface area contributed by atoms with E-state index in [1.165, 1.54) is 18.8 Å². The summed E-state index contributed by atoms with van der Waals surface area (Å²) in [6.07, 6.45) is 0.174. The lowest BCUT2D eigenvalue weighted by atomic mass is 10.0. The highest BCUT2D eigenvalue weighted by Gasteiger charge is 2.36. The van der Waals surface area contributed by atoms with E-state index in [0.717, 1.165) is 11.8 Å². The second-order valence-corrected chi connectivity index (χ2v) is 16.1. The van der Waals surface area contributed by atoms with E-state index in [4.69, 9.17) is 5.73 Å². The number of likely N-dealkylation sites (N-methyl/N-ethyl adjacent to an activating group) is 1. The van der Waals surface area contributed by atoms with Crippen molar-refractivity contribution in [2.45, 2.75) is 95.5 Å². The van der Waals surface area contributed by atoms with Gasteiger partial charge in [0.15, 0.2) is 0 Å². The van der Waals surface area contributed by atoms with Gasteiger partial charge in [0.1, 0.15) is 36.3 Å². The first-order valence-corrected chi connectivity index (χ1v) is 21.4. The van der Waals surface area contributed by atoms with E-state index in [-0.39, 0.29) is 31.6 Å². The van der Waals surface area contributed by atoms with Crippen molar-refractivity contribution >= 4 is 71.0 Å². The third-order valence-corrected chi connectivity index (χ3v) is 10.1. The number of primary amides is 1. The van der Waals surface area contributed by atoms with Crippen LogP contribution in [0.1, 0.15) is 57.6 Å². The predicted octanol–water partition coefficient (Wildman–Crippen LogP) is -0.907. The Morgan fingerprint density at radius 1 is 0.651 bits per heavy atom. The summed E-state index contributed by atoms with van der Waals surface area (Å²) in [6.45, 7) is 4.07. The van der Waals surface area contributed by atoms with E-state index in [1.807, 2.05) is 20.1 Å². The van der Waals surface area contributed by atoms with Gasteiger partial charge in [0.05, 0.1) is 19.4 Å². The number of carboxylic acid groups (broad SMARTS) is 2. The number of amides is 8. The van der Waals surface area contributed by atoms with E-state index >= 15 is 0 Å². The molecule has 0 aliphatic rings. The summed E-state index contributed by atoms with van der Waals surface area (Å²) >= 11 is 1.46. The number of rotatable bonds is 27. The predicted molar refractivity (Wildman–Crippen MR) is 231 cm³/mol. The molecule has 20 nitrogen and oxygen atoms in total. The Labute approximate surface area is 369 Å². The maximum Gasteiger partial charge on any atom is 0.305 e. The zero-order valence-electron chi connectivity index (χ0n) is 35.9. The molecule has 2 rings (SSSR count). The van der Waals surface area contributed by atoms with Gasteiger partial charge in [-0.25, -0.2) is 0 Å². The number of aliphatic carboxylic acids is 2. The molecule has 0 unspecified atom stereocenters. The Hall–Kier alpha value is -6.51. The minimum atomic E-state index is -1.85. The number of benzene rings is 2. The molecule has 0 bridgehead atoms. The second-order valence-electron chi connectivity index (χ2n) is 15.1. The molecule has 0 aromatic heterocycles. The third-order valence-electron chi connectivity index (χ3n) is 9.42. The summed E-state index contributed by atoms with van der Waals surface area (Å²) in [6, 6.07) is 8.61. The molecular weight excluding hydrogens is 841 g/mol. The minimum Gasteiger partial charge on any atom is -0.481 e. The number of nitrogens with one attached hydrogen (secondary N) is 6. The first-order valence-electron chi connectivity index (χ1n) is 20.0. The Bertz CT molecular complexity index is 1900. The molecule has 0 radical (unpaired) electrons. The molecule has 0 saturated carbocycles. The van der Waals surface area contributed by atoms with Gasteiger partial charge in [-0.2, -0.15) is 11.8 Å². The van der Waals surface area contributed by atoms with Gasteiger partial charge in [-0.15, -0.1) is 0 Å². The largest absolute Gasteiger partial charge is 0.481 e. The van der Waals surface area contributed by atoms with Gasteiger partial charge >= 0.3 is 11.9 Å². The van der Waals surface area contributed by atoms with E-state index in [1.54, 1.807) is 60.7 Å². The molecule has 0 heterocycles. The van der Waals surface area contributed by atoms with Crippen molar-refractivity contribution in [1.29, 1.82) is 0 Å². The lowest BCUT2D eigenvalue weighted by Crippen LogP contribution is -2.60. The van der Waals surface area contributed by atoms with Crippen LogP contribution in [0.15, 0.2) is 60.7 Å². The Morgan fingerprint density at radius 3 is 1.60 bits per heavy atom. The Kier molecular flexibility index (Phi) is 22.3. The topological polar surface area (TPSA) is 313 Å². The molecule has 0 saturated heterocycles. The normalized spacial score (nSPS) is 13.7. The summed E-state index contributed by atoms with van der Waals surface area (Å²) in [5.74, 6) is -9.33. The summed E-state index contributed by atoms with van der Waals surface area (Å²) in [4.78, 5) is 130. The molecule has 21 heteroatoms. The van der Waals surface area contributed by atoms with Crippen molar-refractivity contribution in [3.63, 3.8) is 0 Å². The molecule has 2 aromatic rings. The van der Waals surface area contributed by atoms with E-state index in [9.17, 15) is 58.2 Å². The number of carbonyl (C=O) groups is 10. The fourth-order valence-electron chi connectivity index (χ4n) is 6.28. The zero-order chi connectivity index (χ0) is 47.2. The number of hydrogen-bond acceptors (Lipinski definition) is 11. The highest BCUT2D eigenvalue weighted by atomic mass is 32.2. The molecule has 0 aliphatic heterocycles. The first kappa shape index (κ1) is 52.6. The average molecular weight is 899 g/mol. The van der Waals surface area contributed by atoms with E-state index in [0.29, 0.717) is 16.9 Å². The number of hydrogen-bond donors (Lipinski definition) is 9. The van der Waals surface area contributed by atoms with Crippen LogP contribution in [0.25, 0.3) is 0 Å². The van der Waals surface area contributed by atoms with Crippen molar-refractivity contribution in [1.82, 2.24) is 36.8 Å². The summed E-state index contributed by atoms with van der Waals surface area (Å²) in [5.41, 5.74) is 6.65. The number of nitrogens with two attached hydrogens (primary N) is 1. The Morgan fingerprint density at radius 2 is 1.13 bits per heavy atom. The van der Waals surface area contributed by atoms with Crippen LogP contribution < -0.4 is 37.6 Å². The second kappa shape index (κ2) is 26.7. The molecule has 0 spiro atoms. The quantitative estimate of drug-likeness (QED) is 0.0526. The summed E-state index contributed by atoms with van der Waals surface area (Å²) in [5, 5.41) is 33.4. The number of carboxylic acids is 2. The third kappa shape index (κ3) is 19.4. The smallest absolute Gasteiger partial charge is 0.305 e. The van der Waals surface area contributed by atoms with Crippen LogP contribution >= 0.6 is 11.8 Å². The maximum atomic E-state index is 14.5. The van der Waals surface area contributed by atoms with Gasteiger partial charge in [0, 0.05) is 26.8 Å². The van der Waals surface area contributed by atoms with Crippen molar-refractivity contribution in [3.8, 4) is 0 Å². The van der Waals surface area contributed by atoms with Gasteiger partial charge in [-0.1, -0.05) is 74.5 Å². The van der Waals surface area contributed by atoms with Crippen molar-refractivity contribution in [3.05, 3.63) is 71.8 Å². The molecule has 8 amide bonds. The molecular formula is C42H58N8O12S. The van der Waals surface area contributed by atoms with Gasteiger partial charge in [0.2, 0.25) is 47.3 Å². The zero-order valence-corrected chi connectivity index (χ0v) is 36.7. The maximum absolute atomic E-state index is 14.5. The van der Waals surface area contributed by atoms with E-state index in [2.05, 4.69) is 31.9 Å². The van der Waals surface area contributed by atoms with Gasteiger partial charge in [-0.3, -0.25) is 47.9 Å². The van der Waals surface area contributed by atoms with Gasteiger partial charge < -0.3 is 52.7 Å². The van der Waals surface area contributed by atoms with Crippen LogP contribution in [0.2, 0.25) is 0 Å². The number of carbonyl (C=O) groups excluding carboxylic acids is 8. The minimum absolute atomic E-state index is 0.0682.